The number of halogens is 1. The maximum absolute atomic E-state index is 11.0. The van der Waals surface area contributed by atoms with E-state index in [9.17, 15) is 4.79 Å². The second-order valence-corrected chi connectivity index (χ2v) is 7.92. The Hall–Kier alpha value is -3.41. The van der Waals surface area contributed by atoms with Crippen LogP contribution in [0.4, 0.5) is 0 Å². The van der Waals surface area contributed by atoms with Crippen molar-refractivity contribution in [3.63, 3.8) is 0 Å². The highest BCUT2D eigenvalue weighted by molar-refractivity contribution is 5.85. The Balaban J connectivity index is 0.00000306. The van der Waals surface area contributed by atoms with Crippen LogP contribution >= 0.6 is 12.4 Å². The fourth-order valence-electron chi connectivity index (χ4n) is 4.29. The van der Waals surface area contributed by atoms with Crippen molar-refractivity contribution in [2.45, 2.75) is 30.8 Å². The number of aryl methyl sites for hydroxylation is 1. The molecule has 0 amide bonds. The van der Waals surface area contributed by atoms with Gasteiger partial charge in [0.25, 0.3) is 0 Å². The number of benzene rings is 3. The lowest BCUT2D eigenvalue weighted by atomic mass is 9.77. The van der Waals surface area contributed by atoms with Gasteiger partial charge in [-0.25, -0.2) is 4.98 Å². The molecule has 0 aliphatic heterocycles. The number of carboxylic acids is 1. The van der Waals surface area contributed by atoms with Gasteiger partial charge in [0.05, 0.1) is 12.0 Å². The molecule has 0 fully saturated rings. The summed E-state index contributed by atoms with van der Waals surface area (Å²) in [5.41, 5.74) is 9.38. The Morgan fingerprint density at radius 3 is 1.76 bits per heavy atom. The highest BCUT2D eigenvalue weighted by Gasteiger charge is 2.38. The molecule has 5 nitrogen and oxygen atoms in total. The van der Waals surface area contributed by atoms with Crippen LogP contribution in [0.3, 0.4) is 0 Å². The highest BCUT2D eigenvalue weighted by atomic mass is 35.5. The first kappa shape index (κ1) is 24.2. The van der Waals surface area contributed by atoms with Crippen molar-refractivity contribution < 1.29 is 9.90 Å². The molecule has 3 aromatic carbocycles. The first-order valence-electron chi connectivity index (χ1n) is 10.8. The van der Waals surface area contributed by atoms with Crippen molar-refractivity contribution in [1.82, 2.24) is 9.55 Å². The second kappa shape index (κ2) is 10.9. The van der Waals surface area contributed by atoms with E-state index in [1.54, 1.807) is 0 Å². The smallest absolute Gasteiger partial charge is 0.320 e. The van der Waals surface area contributed by atoms with Crippen LogP contribution < -0.4 is 5.73 Å². The van der Waals surface area contributed by atoms with Crippen LogP contribution in [0.5, 0.6) is 0 Å². The van der Waals surface area contributed by atoms with Crippen molar-refractivity contribution >= 4 is 18.4 Å². The molecule has 4 rings (SSSR count). The fraction of sp³-hybridized carbons (Fsp3) is 0.185. The van der Waals surface area contributed by atoms with Crippen LogP contribution in [0.1, 0.15) is 35.2 Å². The topological polar surface area (TPSA) is 81.1 Å². The number of imidazole rings is 1. The van der Waals surface area contributed by atoms with Crippen molar-refractivity contribution in [3.05, 3.63) is 126 Å². The van der Waals surface area contributed by atoms with Gasteiger partial charge in [0.15, 0.2) is 0 Å². The predicted octanol–water partition coefficient (Wildman–Crippen LogP) is 4.88. The molecule has 33 heavy (non-hydrogen) atoms. The summed E-state index contributed by atoms with van der Waals surface area (Å²) in [7, 11) is 0. The van der Waals surface area contributed by atoms with Crippen molar-refractivity contribution in [2.24, 2.45) is 5.73 Å². The molecule has 0 bridgehead atoms. The van der Waals surface area contributed by atoms with Crippen LogP contribution in [0.2, 0.25) is 0 Å². The molecule has 0 aliphatic carbocycles. The quantitative estimate of drug-likeness (QED) is 0.348. The van der Waals surface area contributed by atoms with Gasteiger partial charge in [-0.1, -0.05) is 91.0 Å². The number of hydrogen-bond donors (Lipinski definition) is 2. The van der Waals surface area contributed by atoms with Gasteiger partial charge in [-0.15, -0.1) is 12.4 Å². The van der Waals surface area contributed by atoms with Gasteiger partial charge < -0.3 is 15.4 Å². The molecular weight excluding hydrogens is 434 g/mol. The van der Waals surface area contributed by atoms with Crippen LogP contribution in [-0.4, -0.2) is 26.7 Å². The number of hydrogen-bond acceptors (Lipinski definition) is 3. The molecule has 170 valence electrons. The van der Waals surface area contributed by atoms with Crippen LogP contribution in [0, 0.1) is 0 Å². The van der Waals surface area contributed by atoms with E-state index in [0.717, 1.165) is 22.4 Å². The lowest BCUT2D eigenvalue weighted by Crippen LogP contribution is -2.36. The molecule has 1 aromatic heterocycles. The van der Waals surface area contributed by atoms with Gasteiger partial charge in [-0.05, 0) is 36.0 Å². The van der Waals surface area contributed by atoms with Crippen LogP contribution in [0.15, 0.2) is 104 Å². The Morgan fingerprint density at radius 1 is 0.879 bits per heavy atom. The molecule has 0 saturated heterocycles. The average Bonchev–Trinajstić information content (AvgIpc) is 3.30. The van der Waals surface area contributed by atoms with Gasteiger partial charge >= 0.3 is 5.97 Å². The lowest BCUT2D eigenvalue weighted by molar-refractivity contribution is -0.138. The molecule has 3 N–H and O–H groups in total. The van der Waals surface area contributed by atoms with Gasteiger partial charge in [0, 0.05) is 6.20 Å². The first-order valence-corrected chi connectivity index (χ1v) is 10.8. The summed E-state index contributed by atoms with van der Waals surface area (Å²) in [6, 6.07) is 30.4. The van der Waals surface area contributed by atoms with E-state index in [4.69, 9.17) is 10.8 Å². The standard InChI is InChI=1S/C27H27N3O2.ClH/c28-25(26(31)32)18-10-17-24-19-30(20-29-24)27(21-11-4-1-5-12-21,22-13-6-2-7-14-22)23-15-8-3-9-16-23;/h1-9,11-16,19-20,25H,10,17-18,28H2,(H,31,32);1H/t25-;/m0./s1. The third-order valence-corrected chi connectivity index (χ3v) is 5.86. The normalized spacial score (nSPS) is 12.0. The zero-order valence-electron chi connectivity index (χ0n) is 18.2. The zero-order valence-corrected chi connectivity index (χ0v) is 19.1. The third kappa shape index (κ3) is 5.00. The number of nitrogens with two attached hydrogens (primary N) is 1. The molecule has 0 spiro atoms. The number of aliphatic carboxylic acids is 1. The summed E-state index contributed by atoms with van der Waals surface area (Å²) in [6.07, 6.45) is 5.70. The van der Waals surface area contributed by atoms with E-state index >= 15 is 0 Å². The monoisotopic (exact) mass is 461 g/mol. The number of aromatic nitrogens is 2. The van der Waals surface area contributed by atoms with Gasteiger partial charge in [0.1, 0.15) is 11.6 Å². The van der Waals surface area contributed by atoms with Crippen LogP contribution in [0.25, 0.3) is 0 Å². The Morgan fingerprint density at radius 2 is 1.33 bits per heavy atom. The Kier molecular flexibility index (Phi) is 8.04. The van der Waals surface area contributed by atoms with E-state index in [-0.39, 0.29) is 12.4 Å². The molecule has 1 heterocycles. The third-order valence-electron chi connectivity index (χ3n) is 5.86. The number of rotatable bonds is 9. The van der Waals surface area contributed by atoms with E-state index in [1.807, 2.05) is 24.5 Å². The molecule has 0 aliphatic rings. The molecular formula is C27H28ClN3O2. The SMILES string of the molecule is Cl.N[C@@H](CCCc1cn(C(c2ccccc2)(c2ccccc2)c2ccccc2)cn1)C(=O)O. The lowest BCUT2D eigenvalue weighted by Gasteiger charge is -2.37. The number of carboxylic acid groups (broad SMARTS) is 1. The molecule has 6 heteroatoms. The number of carbonyl (C=O) groups is 1. The first-order chi connectivity index (χ1) is 15.6. The molecule has 0 saturated carbocycles. The fourth-order valence-corrected chi connectivity index (χ4v) is 4.29. The van der Waals surface area contributed by atoms with Gasteiger partial charge in [-0.3, -0.25) is 4.79 Å². The summed E-state index contributed by atoms with van der Waals surface area (Å²) >= 11 is 0. The molecule has 0 radical (unpaired) electrons. The van der Waals surface area contributed by atoms with Crippen molar-refractivity contribution in [2.75, 3.05) is 0 Å². The highest BCUT2D eigenvalue weighted by Crippen LogP contribution is 2.40. The molecule has 4 aromatic rings. The zero-order chi connectivity index (χ0) is 22.4. The Bertz CT molecular complexity index is 1050. The molecule has 1 atom stereocenters. The Labute approximate surface area is 200 Å². The summed E-state index contributed by atoms with van der Waals surface area (Å²) < 4.78 is 2.17. The minimum atomic E-state index is -0.966. The largest absolute Gasteiger partial charge is 0.480 e. The van der Waals surface area contributed by atoms with E-state index in [2.05, 4.69) is 88.5 Å². The summed E-state index contributed by atoms with van der Waals surface area (Å²) in [5, 5.41) is 9.02. The maximum atomic E-state index is 11.0. The second-order valence-electron chi connectivity index (χ2n) is 7.92. The van der Waals surface area contributed by atoms with Crippen LogP contribution in [-0.2, 0) is 16.8 Å². The predicted molar refractivity (Wildman–Crippen MR) is 133 cm³/mol. The number of nitrogens with zero attached hydrogens (tertiary/aromatic N) is 2. The summed E-state index contributed by atoms with van der Waals surface area (Å²) in [5.74, 6) is -0.966. The summed E-state index contributed by atoms with van der Waals surface area (Å²) in [6.45, 7) is 0. The average molecular weight is 462 g/mol. The van der Waals surface area contributed by atoms with E-state index in [1.165, 1.54) is 0 Å². The van der Waals surface area contributed by atoms with Gasteiger partial charge in [0.2, 0.25) is 0 Å². The minimum absolute atomic E-state index is 0. The van der Waals surface area contributed by atoms with Crippen molar-refractivity contribution in [3.8, 4) is 0 Å². The van der Waals surface area contributed by atoms with E-state index in [0.29, 0.717) is 19.3 Å². The molecule has 0 unspecified atom stereocenters. The summed E-state index contributed by atoms with van der Waals surface area (Å²) in [4.78, 5) is 15.7. The van der Waals surface area contributed by atoms with E-state index < -0.39 is 17.6 Å². The van der Waals surface area contributed by atoms with Crippen molar-refractivity contribution in [1.29, 1.82) is 0 Å². The minimum Gasteiger partial charge on any atom is -0.480 e. The maximum Gasteiger partial charge on any atom is 0.320 e. The van der Waals surface area contributed by atoms with Gasteiger partial charge in [-0.2, -0.15) is 0 Å².